The van der Waals surface area contributed by atoms with Crippen molar-refractivity contribution < 1.29 is 9.53 Å². The summed E-state index contributed by atoms with van der Waals surface area (Å²) in [4.78, 5) is 11.5. The average molecular weight is 261 g/mol. The molecule has 18 heavy (non-hydrogen) atoms. The van der Waals surface area contributed by atoms with Gasteiger partial charge < -0.3 is 10.5 Å². The van der Waals surface area contributed by atoms with Crippen LogP contribution in [0.1, 0.15) is 18.1 Å². The summed E-state index contributed by atoms with van der Waals surface area (Å²) in [5.41, 5.74) is 7.69. The fraction of sp³-hybridized carbons (Fsp3) is 0.214. The number of benzene rings is 1. The maximum atomic E-state index is 11.5. The third-order valence-electron chi connectivity index (χ3n) is 2.52. The predicted octanol–water partition coefficient (Wildman–Crippen LogP) is 2.59. The Morgan fingerprint density at radius 1 is 1.33 bits per heavy atom. The average Bonchev–Trinajstić information content (AvgIpc) is 2.78. The Balaban J connectivity index is 2.11. The lowest BCUT2D eigenvalue weighted by atomic mass is 10.1. The second-order valence-electron chi connectivity index (χ2n) is 4.13. The summed E-state index contributed by atoms with van der Waals surface area (Å²) in [6, 6.07) is 9.47. The minimum absolute atomic E-state index is 0.400. The normalized spacial score (nSPS) is 12.1. The number of carbonyl (C=O) groups excluding carboxylic acids is 1. The van der Waals surface area contributed by atoms with Gasteiger partial charge in [0.1, 0.15) is 11.8 Å². The number of rotatable bonds is 4. The first-order valence-corrected chi connectivity index (χ1v) is 6.67. The molecule has 0 spiro atoms. The van der Waals surface area contributed by atoms with E-state index in [2.05, 4.69) is 12.1 Å². The summed E-state index contributed by atoms with van der Waals surface area (Å²) >= 11 is 1.52. The molecule has 0 bridgehead atoms. The lowest BCUT2D eigenvalue weighted by Crippen LogP contribution is -2.30. The van der Waals surface area contributed by atoms with Crippen LogP contribution in [0, 0.1) is 0 Å². The fourth-order valence-corrected chi connectivity index (χ4v) is 2.30. The van der Waals surface area contributed by atoms with Crippen molar-refractivity contribution >= 4 is 17.3 Å². The molecule has 1 atom stereocenters. The van der Waals surface area contributed by atoms with E-state index in [0.29, 0.717) is 5.75 Å². The molecule has 3 nitrogen and oxygen atoms in total. The Kier molecular flexibility index (Phi) is 4.12. The lowest BCUT2D eigenvalue weighted by Gasteiger charge is -2.07. The second-order valence-corrected chi connectivity index (χ2v) is 4.88. The van der Waals surface area contributed by atoms with Gasteiger partial charge in [0.2, 0.25) is 0 Å². The highest BCUT2D eigenvalue weighted by Crippen LogP contribution is 2.26. The number of hydrogen-bond acceptors (Lipinski definition) is 4. The predicted molar refractivity (Wildman–Crippen MR) is 72.9 cm³/mol. The molecule has 1 aromatic carbocycles. The van der Waals surface area contributed by atoms with Crippen molar-refractivity contribution in [3.05, 3.63) is 52.2 Å². The van der Waals surface area contributed by atoms with Crippen LogP contribution in [0.3, 0.4) is 0 Å². The number of thiophene rings is 1. The summed E-state index contributed by atoms with van der Waals surface area (Å²) in [6.45, 7) is 1.62. The minimum Gasteiger partial charge on any atom is -0.424 e. The number of hydrogen-bond donors (Lipinski definition) is 1. The van der Waals surface area contributed by atoms with Gasteiger partial charge in [-0.2, -0.15) is 0 Å². The Hall–Kier alpha value is -1.65. The zero-order valence-corrected chi connectivity index (χ0v) is 10.9. The van der Waals surface area contributed by atoms with Crippen molar-refractivity contribution in [1.82, 2.24) is 0 Å². The monoisotopic (exact) mass is 261 g/mol. The molecule has 0 radical (unpaired) electrons. The SMILES string of the molecule is C[C@H](N)C(=O)Oc1cscc1Cc1ccccc1. The van der Waals surface area contributed by atoms with E-state index in [9.17, 15) is 4.79 Å². The summed E-state index contributed by atoms with van der Waals surface area (Å²) < 4.78 is 5.27. The first-order valence-electron chi connectivity index (χ1n) is 5.73. The molecule has 94 valence electrons. The van der Waals surface area contributed by atoms with E-state index in [1.807, 2.05) is 29.0 Å². The van der Waals surface area contributed by atoms with Crippen molar-refractivity contribution in [2.75, 3.05) is 0 Å². The van der Waals surface area contributed by atoms with Gasteiger partial charge in [-0.1, -0.05) is 30.3 Å². The van der Waals surface area contributed by atoms with Crippen molar-refractivity contribution in [3.8, 4) is 5.75 Å². The minimum atomic E-state index is -0.602. The van der Waals surface area contributed by atoms with Crippen molar-refractivity contribution in [2.45, 2.75) is 19.4 Å². The van der Waals surface area contributed by atoms with Crippen LogP contribution in [0.5, 0.6) is 5.75 Å². The van der Waals surface area contributed by atoms with Crippen molar-refractivity contribution in [1.29, 1.82) is 0 Å². The van der Waals surface area contributed by atoms with E-state index in [-0.39, 0.29) is 0 Å². The standard InChI is InChI=1S/C14H15NO2S/c1-10(15)14(16)17-13-9-18-8-12(13)7-11-5-3-2-4-6-11/h2-6,8-10H,7,15H2,1H3/t10-/m0/s1. The quantitative estimate of drug-likeness (QED) is 0.861. The van der Waals surface area contributed by atoms with Gasteiger partial charge in [-0.15, -0.1) is 11.3 Å². The molecular weight excluding hydrogens is 246 g/mol. The van der Waals surface area contributed by atoms with E-state index >= 15 is 0 Å². The third kappa shape index (κ3) is 3.18. The maximum Gasteiger partial charge on any atom is 0.328 e. The Labute approximate surface area is 110 Å². The molecule has 4 heteroatoms. The molecule has 2 N–H and O–H groups in total. The van der Waals surface area contributed by atoms with Gasteiger partial charge in [-0.3, -0.25) is 0 Å². The molecule has 0 fully saturated rings. The summed E-state index contributed by atoms with van der Waals surface area (Å²) in [6.07, 6.45) is 0.756. The van der Waals surface area contributed by atoms with Crippen LogP contribution in [-0.4, -0.2) is 12.0 Å². The molecule has 1 aromatic heterocycles. The first kappa shape index (κ1) is 12.8. The molecule has 0 saturated carbocycles. The zero-order valence-electron chi connectivity index (χ0n) is 10.1. The van der Waals surface area contributed by atoms with Gasteiger partial charge in [0.15, 0.2) is 0 Å². The number of ether oxygens (including phenoxy) is 1. The van der Waals surface area contributed by atoms with Crippen LogP contribution in [-0.2, 0) is 11.2 Å². The smallest absolute Gasteiger partial charge is 0.328 e. The molecule has 0 unspecified atom stereocenters. The fourth-order valence-electron chi connectivity index (χ4n) is 1.55. The van der Waals surface area contributed by atoms with Gasteiger partial charge in [0, 0.05) is 17.4 Å². The van der Waals surface area contributed by atoms with E-state index in [1.165, 1.54) is 16.9 Å². The summed E-state index contributed by atoms with van der Waals surface area (Å²) in [7, 11) is 0. The molecule has 2 aromatic rings. The third-order valence-corrected chi connectivity index (χ3v) is 3.29. The summed E-state index contributed by atoms with van der Waals surface area (Å²) in [5, 5.41) is 3.83. The lowest BCUT2D eigenvalue weighted by molar-refractivity contribution is -0.135. The van der Waals surface area contributed by atoms with Gasteiger partial charge in [-0.25, -0.2) is 4.79 Å². The molecule has 2 rings (SSSR count). The molecule has 0 aliphatic rings. The van der Waals surface area contributed by atoms with E-state index in [0.717, 1.165) is 12.0 Å². The van der Waals surface area contributed by atoms with E-state index in [1.54, 1.807) is 6.92 Å². The first-order chi connectivity index (χ1) is 8.66. The number of nitrogens with two attached hydrogens (primary N) is 1. The van der Waals surface area contributed by atoms with Crippen molar-refractivity contribution in [3.63, 3.8) is 0 Å². The van der Waals surface area contributed by atoms with Crippen LogP contribution in [0.25, 0.3) is 0 Å². The number of carbonyl (C=O) groups is 1. The highest BCUT2D eigenvalue weighted by atomic mass is 32.1. The maximum absolute atomic E-state index is 11.5. The molecule has 0 amide bonds. The Bertz CT molecular complexity index is 520. The topological polar surface area (TPSA) is 52.3 Å². The van der Waals surface area contributed by atoms with Crippen LogP contribution in [0.15, 0.2) is 41.1 Å². The summed E-state index contributed by atoms with van der Waals surface area (Å²) in [5.74, 6) is 0.217. The highest BCUT2D eigenvalue weighted by molar-refractivity contribution is 7.08. The van der Waals surface area contributed by atoms with E-state index < -0.39 is 12.0 Å². The molecule has 0 aliphatic carbocycles. The molecule has 0 saturated heterocycles. The second kappa shape index (κ2) is 5.80. The largest absolute Gasteiger partial charge is 0.424 e. The highest BCUT2D eigenvalue weighted by Gasteiger charge is 2.14. The van der Waals surface area contributed by atoms with E-state index in [4.69, 9.17) is 10.5 Å². The van der Waals surface area contributed by atoms with Crippen LogP contribution < -0.4 is 10.5 Å². The zero-order chi connectivity index (χ0) is 13.0. The van der Waals surface area contributed by atoms with Crippen molar-refractivity contribution in [2.24, 2.45) is 5.73 Å². The molecule has 1 heterocycles. The van der Waals surface area contributed by atoms with Gasteiger partial charge in [0.25, 0.3) is 0 Å². The molecule has 0 aliphatic heterocycles. The van der Waals surface area contributed by atoms with Crippen LogP contribution in [0.2, 0.25) is 0 Å². The Morgan fingerprint density at radius 2 is 2.06 bits per heavy atom. The van der Waals surface area contributed by atoms with Gasteiger partial charge >= 0.3 is 5.97 Å². The van der Waals surface area contributed by atoms with Gasteiger partial charge in [-0.05, 0) is 17.9 Å². The number of esters is 1. The van der Waals surface area contributed by atoms with Crippen LogP contribution >= 0.6 is 11.3 Å². The van der Waals surface area contributed by atoms with Crippen LogP contribution in [0.4, 0.5) is 0 Å². The van der Waals surface area contributed by atoms with Gasteiger partial charge in [0.05, 0.1) is 0 Å². The Morgan fingerprint density at radius 3 is 2.72 bits per heavy atom. The molecular formula is C14H15NO2S.